The van der Waals surface area contributed by atoms with Gasteiger partial charge in [-0.05, 0) is 121 Å². The van der Waals surface area contributed by atoms with E-state index in [1.165, 1.54) is 137 Å². The van der Waals surface area contributed by atoms with E-state index in [9.17, 15) is 0 Å². The van der Waals surface area contributed by atoms with Crippen molar-refractivity contribution >= 4 is 105 Å². The average molecular weight is 834 g/mol. The molecule has 66 heavy (non-hydrogen) atoms. The highest BCUT2D eigenvalue weighted by molar-refractivity contribution is 6.91. The normalized spacial score (nSPS) is 12.8. The number of para-hydroxylation sites is 2. The lowest BCUT2D eigenvalue weighted by Gasteiger charge is -2.35. The van der Waals surface area contributed by atoms with Crippen LogP contribution < -0.4 is 10.9 Å². The Morgan fingerprint density at radius 2 is 0.985 bits per heavy atom. The fourth-order valence-electron chi connectivity index (χ4n) is 12.5. The van der Waals surface area contributed by atoms with Gasteiger partial charge < -0.3 is 13.6 Å². The van der Waals surface area contributed by atoms with E-state index in [0.717, 1.165) is 5.69 Å². The lowest BCUT2D eigenvalue weighted by molar-refractivity contribution is 1.16. The maximum absolute atomic E-state index is 2.73. The first-order chi connectivity index (χ1) is 32.8. The molecule has 302 valence electrons. The van der Waals surface area contributed by atoms with Gasteiger partial charge in [0.25, 0.3) is 0 Å². The molecule has 0 unspecified atom stereocenters. The topological polar surface area (TPSA) is 14.8 Å². The molecule has 0 bridgehead atoms. The SMILES string of the molecule is c1ccc(-c2ccc3c(c2)c2cc(-c4ccccc4)cc4c2n3B2c3cc5c(cc3-n3c6ccccc6c6c7ccccc7c-4c2c63)c2c3ccccc3ccc2n5-c2ccccc2)cc1. The summed E-state index contributed by atoms with van der Waals surface area (Å²) in [7, 11) is 0. The molecule has 5 heterocycles. The Bertz CT molecular complexity index is 4440. The molecule has 0 spiro atoms. The Morgan fingerprint density at radius 3 is 1.79 bits per heavy atom. The molecule has 0 N–H and O–H groups in total. The Morgan fingerprint density at radius 1 is 0.333 bits per heavy atom. The van der Waals surface area contributed by atoms with Crippen LogP contribution in [0.1, 0.15) is 0 Å². The number of nitrogens with zero attached hydrogens (tertiary/aromatic N) is 3. The number of rotatable bonds is 3. The number of fused-ring (bicyclic) bond motifs is 19. The van der Waals surface area contributed by atoms with Crippen LogP contribution in [0.3, 0.4) is 0 Å². The third-order valence-corrected chi connectivity index (χ3v) is 15.1. The summed E-state index contributed by atoms with van der Waals surface area (Å²) < 4.78 is 7.88. The first-order valence-corrected chi connectivity index (χ1v) is 23.0. The van der Waals surface area contributed by atoms with Gasteiger partial charge in [-0.15, -0.1) is 0 Å². The largest absolute Gasteiger partial charge is 0.375 e. The van der Waals surface area contributed by atoms with Gasteiger partial charge in [-0.25, -0.2) is 0 Å². The Balaban J connectivity index is 1.15. The Kier molecular flexibility index (Phi) is 6.63. The van der Waals surface area contributed by atoms with Gasteiger partial charge in [0.05, 0.1) is 22.1 Å². The van der Waals surface area contributed by atoms with Crippen LogP contribution >= 0.6 is 0 Å². The second-order valence-electron chi connectivity index (χ2n) is 18.3. The molecular weight excluding hydrogens is 798 g/mol. The van der Waals surface area contributed by atoms with Crippen LogP contribution in [0.4, 0.5) is 0 Å². The number of benzene rings is 11. The van der Waals surface area contributed by atoms with Gasteiger partial charge in [-0.1, -0.05) is 158 Å². The minimum Gasteiger partial charge on any atom is -0.375 e. The van der Waals surface area contributed by atoms with Gasteiger partial charge in [-0.3, -0.25) is 0 Å². The van der Waals surface area contributed by atoms with E-state index >= 15 is 0 Å². The fraction of sp³-hybridized carbons (Fsp3) is 0. The molecule has 14 aromatic rings. The standard InChI is InChI=1S/C62H36BN3/c1-4-16-37(17-5-1)40-29-30-53-47(32-40)48-33-41(38-18-6-2-7-19-38)34-50-58-44-24-12-13-25-45(44)59-46-26-14-15-27-52(46)65-56-35-49-55(36-51(56)63(60(58)62(59)65)66(53)61(48)50)64(42-21-8-3-9-22-42)54-31-28-39-20-10-11-23-43(39)57(49)54/h1-36H. The third-order valence-electron chi connectivity index (χ3n) is 15.1. The monoisotopic (exact) mass is 833 g/mol. The molecule has 0 aliphatic carbocycles. The maximum atomic E-state index is 2.73. The summed E-state index contributed by atoms with van der Waals surface area (Å²) in [4.78, 5) is 0. The minimum absolute atomic E-state index is 0.111. The average Bonchev–Trinajstić information content (AvgIpc) is 4.03. The van der Waals surface area contributed by atoms with E-state index in [1.54, 1.807) is 0 Å². The highest BCUT2D eigenvalue weighted by Gasteiger charge is 2.43. The van der Waals surface area contributed by atoms with Crippen molar-refractivity contribution in [1.82, 2.24) is 13.6 Å². The summed E-state index contributed by atoms with van der Waals surface area (Å²) in [5.74, 6) is 0. The molecular formula is C62H36BN3. The van der Waals surface area contributed by atoms with Crippen LogP contribution in [0.5, 0.6) is 0 Å². The van der Waals surface area contributed by atoms with Crippen LogP contribution in [0.2, 0.25) is 0 Å². The summed E-state index contributed by atoms with van der Waals surface area (Å²) in [6.45, 7) is -0.111. The molecule has 16 rings (SSSR count). The molecule has 0 saturated heterocycles. The van der Waals surface area contributed by atoms with E-state index in [4.69, 9.17) is 0 Å². The first kappa shape index (κ1) is 34.8. The van der Waals surface area contributed by atoms with Gasteiger partial charge in [0.15, 0.2) is 0 Å². The van der Waals surface area contributed by atoms with E-state index in [0.29, 0.717) is 0 Å². The van der Waals surface area contributed by atoms with Gasteiger partial charge in [0.2, 0.25) is 0 Å². The molecule has 4 heteroatoms. The summed E-state index contributed by atoms with van der Waals surface area (Å²) in [6, 6.07) is 81.9. The van der Waals surface area contributed by atoms with Gasteiger partial charge in [0.1, 0.15) is 0 Å². The fourth-order valence-corrected chi connectivity index (χ4v) is 12.5. The molecule has 3 nitrogen and oxygen atoms in total. The van der Waals surface area contributed by atoms with Gasteiger partial charge in [-0.2, -0.15) is 0 Å². The summed E-state index contributed by atoms with van der Waals surface area (Å²) >= 11 is 0. The van der Waals surface area contributed by atoms with E-state index in [-0.39, 0.29) is 6.85 Å². The summed E-state index contributed by atoms with van der Waals surface area (Å²) in [6.07, 6.45) is 0. The van der Waals surface area contributed by atoms with Crippen molar-refractivity contribution in [3.8, 4) is 44.8 Å². The van der Waals surface area contributed by atoms with Crippen molar-refractivity contribution in [2.75, 3.05) is 0 Å². The van der Waals surface area contributed by atoms with Gasteiger partial charge >= 0.3 is 6.85 Å². The minimum atomic E-state index is -0.111. The second kappa shape index (κ2) is 12.6. The summed E-state index contributed by atoms with van der Waals surface area (Å²) in [5.41, 5.74) is 20.1. The number of aromatic nitrogens is 3. The molecule has 2 aliphatic heterocycles. The molecule has 0 atom stereocenters. The van der Waals surface area contributed by atoms with E-state index in [2.05, 4.69) is 232 Å². The highest BCUT2D eigenvalue weighted by atomic mass is 15.0. The van der Waals surface area contributed by atoms with Crippen molar-refractivity contribution in [3.63, 3.8) is 0 Å². The van der Waals surface area contributed by atoms with Crippen molar-refractivity contribution < 1.29 is 0 Å². The zero-order chi connectivity index (χ0) is 42.8. The number of hydrogen-bond acceptors (Lipinski definition) is 0. The Hall–Kier alpha value is -8.60. The Labute approximate surface area is 379 Å². The van der Waals surface area contributed by atoms with Crippen LogP contribution in [0.25, 0.3) is 132 Å². The van der Waals surface area contributed by atoms with Crippen molar-refractivity contribution in [1.29, 1.82) is 0 Å². The molecule has 3 aromatic heterocycles. The lowest BCUT2D eigenvalue weighted by Crippen LogP contribution is -2.55. The lowest BCUT2D eigenvalue weighted by atomic mass is 9.45. The van der Waals surface area contributed by atoms with Crippen LogP contribution in [-0.4, -0.2) is 20.5 Å². The zero-order valence-corrected chi connectivity index (χ0v) is 35.7. The molecule has 0 fully saturated rings. The predicted molar refractivity (Wildman–Crippen MR) is 280 cm³/mol. The molecule has 2 aliphatic rings. The van der Waals surface area contributed by atoms with Crippen LogP contribution in [0, 0.1) is 0 Å². The zero-order valence-electron chi connectivity index (χ0n) is 35.7. The molecule has 11 aromatic carbocycles. The van der Waals surface area contributed by atoms with E-state index < -0.39 is 0 Å². The van der Waals surface area contributed by atoms with Crippen LogP contribution in [0.15, 0.2) is 218 Å². The second-order valence-corrected chi connectivity index (χ2v) is 18.3. The maximum Gasteiger partial charge on any atom is 0.333 e. The highest BCUT2D eigenvalue weighted by Crippen LogP contribution is 2.50. The molecule has 0 radical (unpaired) electrons. The quantitative estimate of drug-likeness (QED) is 0.158. The molecule has 0 saturated carbocycles. The van der Waals surface area contributed by atoms with Gasteiger partial charge in [0, 0.05) is 60.3 Å². The summed E-state index contributed by atoms with van der Waals surface area (Å²) in [5, 5.41) is 12.8. The number of hydrogen-bond donors (Lipinski definition) is 0. The first-order valence-electron chi connectivity index (χ1n) is 23.0. The molecule has 0 amide bonds. The third kappa shape index (κ3) is 4.34. The van der Waals surface area contributed by atoms with Crippen molar-refractivity contribution in [3.05, 3.63) is 218 Å². The van der Waals surface area contributed by atoms with Crippen molar-refractivity contribution in [2.45, 2.75) is 0 Å². The predicted octanol–water partition coefficient (Wildman–Crippen LogP) is 14.6. The smallest absolute Gasteiger partial charge is 0.333 e. The van der Waals surface area contributed by atoms with Crippen molar-refractivity contribution in [2.24, 2.45) is 0 Å². The van der Waals surface area contributed by atoms with E-state index in [1.807, 2.05) is 0 Å². The van der Waals surface area contributed by atoms with Crippen LogP contribution in [-0.2, 0) is 0 Å².